The molecule has 8 heavy (non-hydrogen) atoms. The molecular formula is C4H11ClO2P. The van der Waals surface area contributed by atoms with Crippen LogP contribution in [0, 0.1) is 0 Å². The van der Waals surface area contributed by atoms with Crippen molar-refractivity contribution < 1.29 is 9.05 Å². The Morgan fingerprint density at radius 2 is 1.50 bits per heavy atom. The van der Waals surface area contributed by atoms with Crippen LogP contribution in [-0.4, -0.2) is 13.2 Å². The van der Waals surface area contributed by atoms with E-state index in [0.717, 1.165) is 13.2 Å². The number of hydrogen-bond donors (Lipinski definition) is 0. The van der Waals surface area contributed by atoms with Crippen LogP contribution in [0.25, 0.3) is 0 Å². The normalized spacial score (nSPS) is 8.25. The lowest BCUT2D eigenvalue weighted by Gasteiger charge is -1.93. The van der Waals surface area contributed by atoms with Crippen molar-refractivity contribution in [3.8, 4) is 0 Å². The molecule has 0 aromatic heterocycles. The first kappa shape index (κ1) is 11.4. The molecule has 0 aliphatic carbocycles. The van der Waals surface area contributed by atoms with Gasteiger partial charge < -0.3 is 9.05 Å². The number of halogens is 1. The lowest BCUT2D eigenvalue weighted by Crippen LogP contribution is -1.78. The van der Waals surface area contributed by atoms with Crippen molar-refractivity contribution in [1.29, 1.82) is 0 Å². The smallest absolute Gasteiger partial charge is 0.256 e. The van der Waals surface area contributed by atoms with Crippen LogP contribution in [0.2, 0.25) is 0 Å². The summed E-state index contributed by atoms with van der Waals surface area (Å²) >= 11 is 0. The Kier molecular flexibility index (Phi) is 15.1. The zero-order chi connectivity index (χ0) is 5.54. The van der Waals surface area contributed by atoms with Crippen LogP contribution in [0.1, 0.15) is 13.8 Å². The molecule has 0 saturated carbocycles. The monoisotopic (exact) mass is 157 g/mol. The van der Waals surface area contributed by atoms with Crippen molar-refractivity contribution in [2.75, 3.05) is 13.2 Å². The van der Waals surface area contributed by atoms with Crippen molar-refractivity contribution in [3.05, 3.63) is 0 Å². The van der Waals surface area contributed by atoms with Gasteiger partial charge >= 0.3 is 0 Å². The fraction of sp³-hybridized carbons (Fsp3) is 1.00. The molecule has 0 amide bonds. The minimum absolute atomic E-state index is 0. The van der Waals surface area contributed by atoms with Crippen LogP contribution in [0.15, 0.2) is 0 Å². The summed E-state index contributed by atoms with van der Waals surface area (Å²) in [4.78, 5) is 0. The quantitative estimate of drug-likeness (QED) is 0.460. The van der Waals surface area contributed by atoms with Gasteiger partial charge in [-0.05, 0) is 13.8 Å². The molecule has 0 N–H and O–H groups in total. The summed E-state index contributed by atoms with van der Waals surface area (Å²) < 4.78 is 9.65. The van der Waals surface area contributed by atoms with Gasteiger partial charge in [-0.3, -0.25) is 0 Å². The summed E-state index contributed by atoms with van der Waals surface area (Å²) in [5.41, 5.74) is 0. The van der Waals surface area contributed by atoms with Crippen LogP contribution in [-0.2, 0) is 9.05 Å². The van der Waals surface area contributed by atoms with E-state index in [1.54, 1.807) is 0 Å². The molecule has 0 atom stereocenters. The van der Waals surface area contributed by atoms with E-state index in [0.29, 0.717) is 9.03 Å². The van der Waals surface area contributed by atoms with Crippen molar-refractivity contribution in [2.24, 2.45) is 0 Å². The summed E-state index contributed by atoms with van der Waals surface area (Å²) in [6.07, 6.45) is 0. The molecule has 0 fully saturated rings. The van der Waals surface area contributed by atoms with Gasteiger partial charge in [0.05, 0.1) is 13.2 Å². The fourth-order valence-corrected chi connectivity index (χ4v) is 0.428. The van der Waals surface area contributed by atoms with E-state index in [-0.39, 0.29) is 12.4 Å². The maximum atomic E-state index is 4.82. The molecule has 4 heteroatoms. The lowest BCUT2D eigenvalue weighted by atomic mass is 10.9. The topological polar surface area (TPSA) is 18.5 Å². The molecule has 0 heterocycles. The van der Waals surface area contributed by atoms with Gasteiger partial charge in [-0.2, -0.15) is 0 Å². The van der Waals surface area contributed by atoms with E-state index in [2.05, 4.69) is 0 Å². The highest BCUT2D eigenvalue weighted by Gasteiger charge is 1.80. The minimum Gasteiger partial charge on any atom is -0.328 e. The Morgan fingerprint density at radius 3 is 1.75 bits per heavy atom. The molecular weight excluding hydrogens is 146 g/mol. The maximum absolute atomic E-state index is 4.82. The van der Waals surface area contributed by atoms with E-state index in [9.17, 15) is 0 Å². The van der Waals surface area contributed by atoms with Crippen LogP contribution >= 0.6 is 21.4 Å². The average Bonchev–Trinajstić information content (AvgIpc) is 1.69. The molecule has 2 nitrogen and oxygen atoms in total. The average molecular weight is 158 g/mol. The molecule has 0 aromatic rings. The van der Waals surface area contributed by atoms with Gasteiger partial charge in [-0.15, -0.1) is 12.4 Å². The molecule has 0 saturated heterocycles. The Morgan fingerprint density at radius 1 is 1.12 bits per heavy atom. The second-order valence-electron chi connectivity index (χ2n) is 0.910. The number of rotatable bonds is 4. The minimum atomic E-state index is 0. The first-order valence-electron chi connectivity index (χ1n) is 2.36. The highest BCUT2D eigenvalue weighted by molar-refractivity contribution is 7.26. The largest absolute Gasteiger partial charge is 0.328 e. The summed E-state index contributed by atoms with van der Waals surface area (Å²) in [6.45, 7) is 5.32. The Labute approximate surface area is 58.3 Å². The molecule has 0 aliphatic rings. The molecule has 1 radical (unpaired) electrons. The summed E-state index contributed by atoms with van der Waals surface area (Å²) in [5, 5.41) is 0. The second-order valence-corrected chi connectivity index (χ2v) is 1.58. The van der Waals surface area contributed by atoms with E-state index < -0.39 is 0 Å². The Bertz CT molecular complexity index is 33.2. The highest BCUT2D eigenvalue weighted by atomic mass is 35.5. The third-order valence-corrected chi connectivity index (χ3v) is 1.09. The first-order valence-corrected chi connectivity index (χ1v) is 3.09. The third-order valence-electron chi connectivity index (χ3n) is 0.364. The van der Waals surface area contributed by atoms with Crippen molar-refractivity contribution in [3.63, 3.8) is 0 Å². The van der Waals surface area contributed by atoms with Crippen LogP contribution < -0.4 is 0 Å². The lowest BCUT2D eigenvalue weighted by molar-refractivity contribution is 0.288. The fourth-order valence-electron chi connectivity index (χ4n) is 0.143. The van der Waals surface area contributed by atoms with E-state index in [1.165, 1.54) is 0 Å². The van der Waals surface area contributed by atoms with Gasteiger partial charge in [-0.1, -0.05) is 0 Å². The van der Waals surface area contributed by atoms with Crippen molar-refractivity contribution in [2.45, 2.75) is 13.8 Å². The summed E-state index contributed by atoms with van der Waals surface area (Å²) in [6, 6.07) is 0. The summed E-state index contributed by atoms with van der Waals surface area (Å²) in [5.74, 6) is 0. The van der Waals surface area contributed by atoms with Gasteiger partial charge in [0.25, 0.3) is 9.03 Å². The molecule has 0 unspecified atom stereocenters. The molecule has 0 aromatic carbocycles. The number of hydrogen-bond acceptors (Lipinski definition) is 2. The zero-order valence-electron chi connectivity index (χ0n) is 5.09. The SMILES string of the molecule is CCO[P]OCC.Cl. The predicted octanol–water partition coefficient (Wildman–Crippen LogP) is 2.26. The van der Waals surface area contributed by atoms with Crippen LogP contribution in [0.4, 0.5) is 0 Å². The Balaban J connectivity index is 0. The van der Waals surface area contributed by atoms with Gasteiger partial charge in [0.2, 0.25) is 0 Å². The molecule has 0 bridgehead atoms. The molecule has 0 spiro atoms. The van der Waals surface area contributed by atoms with Gasteiger partial charge in [0, 0.05) is 0 Å². The van der Waals surface area contributed by atoms with Gasteiger partial charge in [-0.25, -0.2) is 0 Å². The zero-order valence-corrected chi connectivity index (χ0v) is 6.80. The Hall–Kier alpha value is 0.640. The van der Waals surface area contributed by atoms with Crippen molar-refractivity contribution in [1.82, 2.24) is 0 Å². The first-order chi connectivity index (χ1) is 3.41. The van der Waals surface area contributed by atoms with E-state index >= 15 is 0 Å². The third kappa shape index (κ3) is 9.81. The maximum Gasteiger partial charge on any atom is 0.256 e. The molecule has 0 aliphatic heterocycles. The highest BCUT2D eigenvalue weighted by Crippen LogP contribution is 2.10. The van der Waals surface area contributed by atoms with Gasteiger partial charge in [0.1, 0.15) is 0 Å². The standard InChI is InChI=1S/C4H10O2P.ClH/c1-3-5-7-6-4-2;/h3-4H2,1-2H3;1H. The second kappa shape index (κ2) is 10.6. The van der Waals surface area contributed by atoms with Crippen LogP contribution in [0.5, 0.6) is 0 Å². The van der Waals surface area contributed by atoms with Crippen LogP contribution in [0.3, 0.4) is 0 Å². The van der Waals surface area contributed by atoms with E-state index in [1.807, 2.05) is 13.8 Å². The van der Waals surface area contributed by atoms with Gasteiger partial charge in [0.15, 0.2) is 0 Å². The summed E-state index contributed by atoms with van der Waals surface area (Å²) in [7, 11) is 0.643. The molecule has 0 rings (SSSR count). The molecule has 51 valence electrons. The predicted molar refractivity (Wildman–Crippen MR) is 37.4 cm³/mol. The van der Waals surface area contributed by atoms with E-state index in [4.69, 9.17) is 9.05 Å². The van der Waals surface area contributed by atoms with Crippen molar-refractivity contribution >= 4 is 21.4 Å².